The van der Waals surface area contributed by atoms with E-state index in [1.54, 1.807) is 0 Å². The van der Waals surface area contributed by atoms with E-state index >= 15 is 0 Å². The number of phosphoric ester groups is 2. The average Bonchev–Trinajstić information content (AvgIpc) is 3.65. The van der Waals surface area contributed by atoms with Crippen LogP contribution in [0.1, 0.15) is 70.1 Å². The summed E-state index contributed by atoms with van der Waals surface area (Å²) in [7, 11) is -10.3. The van der Waals surface area contributed by atoms with Crippen molar-refractivity contribution in [2.24, 2.45) is 5.92 Å². The van der Waals surface area contributed by atoms with E-state index in [4.69, 9.17) is 39.2 Å². The number of nitrogen functional groups attached to an aromatic ring is 1. The van der Waals surface area contributed by atoms with Crippen molar-refractivity contribution in [3.05, 3.63) is 22.2 Å². The Morgan fingerprint density at radius 3 is 2.12 bits per heavy atom. The number of nitrogens with two attached hydrogens (primary N) is 1. The summed E-state index contributed by atoms with van der Waals surface area (Å²) < 4.78 is 59.6. The molecule has 1 aromatic rings. The highest BCUT2D eigenvalue weighted by molar-refractivity contribution is 7.46. The van der Waals surface area contributed by atoms with Crippen LogP contribution in [0.25, 0.3) is 0 Å². The molecule has 2 saturated heterocycles. The van der Waals surface area contributed by atoms with Crippen LogP contribution in [0.3, 0.4) is 0 Å². The van der Waals surface area contributed by atoms with Gasteiger partial charge in [-0.2, -0.15) is 4.98 Å². The molecule has 3 amide bonds. The molecule has 344 valence electrons. The lowest BCUT2D eigenvalue weighted by atomic mass is 9.97. The van der Waals surface area contributed by atoms with E-state index in [0.29, 0.717) is 76.9 Å². The fraction of sp³-hybridized carbons (Fsp3) is 0.794. The number of ether oxygens (including phenoxy) is 5. The van der Waals surface area contributed by atoms with Crippen LogP contribution in [0.4, 0.5) is 5.82 Å². The first-order valence-electron chi connectivity index (χ1n) is 19.7. The largest absolute Gasteiger partial charge is 0.470 e. The number of anilines is 1. The molecule has 0 spiro atoms. The summed E-state index contributed by atoms with van der Waals surface area (Å²) in [6, 6.07) is 0.253. The van der Waals surface area contributed by atoms with Crippen LogP contribution in [-0.4, -0.2) is 149 Å². The van der Waals surface area contributed by atoms with E-state index in [-0.39, 0.29) is 62.2 Å². The second kappa shape index (κ2) is 26.5. The van der Waals surface area contributed by atoms with Crippen molar-refractivity contribution in [1.82, 2.24) is 25.5 Å². The maximum absolute atomic E-state index is 12.6. The van der Waals surface area contributed by atoms with Gasteiger partial charge in [0.2, 0.25) is 17.7 Å². The number of aryl methyl sites for hydroxylation is 1. The minimum atomic E-state index is -5.24. The van der Waals surface area contributed by atoms with Gasteiger partial charge in [0.15, 0.2) is 6.23 Å². The number of rotatable bonds is 31. The molecule has 3 heterocycles. The number of carbonyl (C=O) groups excluding carboxylic acids is 3. The minimum absolute atomic E-state index is 0.00417. The number of carbonyl (C=O) groups is 3. The first-order chi connectivity index (χ1) is 28.4. The van der Waals surface area contributed by atoms with E-state index in [1.165, 1.54) is 6.20 Å². The standard InChI is InChI=1S/C34H60N6O18P2/c1-23-20-29(43)38-25(23)7-3-2-4-8-27(41)37-11-13-53-15-17-55-19-18-54-16-14-52-12-9-28(42)36-10-5-6-24-21-40(34(45)39-32(24)35)33-30(44)31(58-60(49,50)51)26(57-33)22-56-59(46,47)48/h21,23,25-26,30-31,33,44H,2-20,22H2,1H3,(H,36,42)(H,37,41)(H,38,43)(H2,35,39,45)(H2,46,47,48)(H2,49,50,51)/t23-,25-,26-,30+,31?,33-/m1/s1. The summed E-state index contributed by atoms with van der Waals surface area (Å²) in [4.78, 5) is 88.5. The number of unbranched alkanes of at least 4 members (excludes halogenated alkanes) is 2. The third-order valence-corrected chi connectivity index (χ3v) is 10.4. The molecule has 2 aliphatic heterocycles. The van der Waals surface area contributed by atoms with Gasteiger partial charge < -0.3 is 70.0 Å². The highest BCUT2D eigenvalue weighted by Gasteiger charge is 2.49. The van der Waals surface area contributed by atoms with Gasteiger partial charge in [-0.1, -0.05) is 19.8 Å². The third-order valence-electron chi connectivity index (χ3n) is 9.37. The summed E-state index contributed by atoms with van der Waals surface area (Å²) in [5.41, 5.74) is 5.21. The Morgan fingerprint density at radius 1 is 0.883 bits per heavy atom. The predicted octanol–water partition coefficient (Wildman–Crippen LogP) is -1.23. The Labute approximate surface area is 347 Å². The monoisotopic (exact) mass is 902 g/mol. The van der Waals surface area contributed by atoms with Gasteiger partial charge in [0.05, 0.1) is 59.5 Å². The van der Waals surface area contributed by atoms with Crippen LogP contribution in [0.15, 0.2) is 11.0 Å². The molecule has 6 atom stereocenters. The highest BCUT2D eigenvalue weighted by Crippen LogP contribution is 2.45. The van der Waals surface area contributed by atoms with Crippen molar-refractivity contribution in [2.45, 2.75) is 95.3 Å². The summed E-state index contributed by atoms with van der Waals surface area (Å²) in [6.07, 6.45) is -0.423. The minimum Gasteiger partial charge on any atom is -0.386 e. The number of aliphatic hydroxyl groups excluding tert-OH is 1. The quantitative estimate of drug-likeness (QED) is 0.0311. The van der Waals surface area contributed by atoms with E-state index in [2.05, 4.69) is 36.9 Å². The lowest BCUT2D eigenvalue weighted by Crippen LogP contribution is -2.38. The molecule has 0 bridgehead atoms. The third kappa shape index (κ3) is 20.3. The molecular weight excluding hydrogens is 842 g/mol. The first kappa shape index (κ1) is 51.4. The summed E-state index contributed by atoms with van der Waals surface area (Å²) in [5.74, 6) is 0.0692. The molecule has 2 fully saturated rings. The second-order valence-electron chi connectivity index (χ2n) is 14.2. The van der Waals surface area contributed by atoms with Gasteiger partial charge in [-0.15, -0.1) is 0 Å². The highest BCUT2D eigenvalue weighted by atomic mass is 31.2. The van der Waals surface area contributed by atoms with Crippen LogP contribution < -0.4 is 27.4 Å². The zero-order chi connectivity index (χ0) is 44.1. The first-order valence-corrected chi connectivity index (χ1v) is 22.8. The molecule has 0 saturated carbocycles. The van der Waals surface area contributed by atoms with Crippen LogP contribution in [0.2, 0.25) is 0 Å². The van der Waals surface area contributed by atoms with Crippen LogP contribution >= 0.6 is 15.6 Å². The topological polar surface area (TPSA) is 348 Å². The fourth-order valence-corrected chi connectivity index (χ4v) is 7.26. The zero-order valence-electron chi connectivity index (χ0n) is 33.6. The van der Waals surface area contributed by atoms with Crippen molar-refractivity contribution in [3.63, 3.8) is 0 Å². The van der Waals surface area contributed by atoms with Crippen molar-refractivity contribution in [3.8, 4) is 0 Å². The molecule has 1 unspecified atom stereocenters. The Bertz CT molecular complexity index is 1650. The van der Waals surface area contributed by atoms with E-state index in [0.717, 1.165) is 30.3 Å². The van der Waals surface area contributed by atoms with Crippen molar-refractivity contribution >= 4 is 39.2 Å². The molecule has 0 aromatic carbocycles. The summed E-state index contributed by atoms with van der Waals surface area (Å²) in [5, 5.41) is 19.3. The second-order valence-corrected chi connectivity index (χ2v) is 16.6. The number of hydrogen-bond acceptors (Lipinski definition) is 16. The summed E-state index contributed by atoms with van der Waals surface area (Å²) in [6.45, 7) is 4.36. The van der Waals surface area contributed by atoms with Crippen LogP contribution in [-0.2, 0) is 62.7 Å². The maximum Gasteiger partial charge on any atom is 0.470 e. The number of nitrogens with one attached hydrogen (secondary N) is 3. The lowest BCUT2D eigenvalue weighted by molar-refractivity contribution is -0.122. The van der Waals surface area contributed by atoms with Crippen molar-refractivity contribution < 1.29 is 80.9 Å². The molecule has 3 rings (SSSR count). The molecule has 0 radical (unpaired) electrons. The van der Waals surface area contributed by atoms with Crippen molar-refractivity contribution in [1.29, 1.82) is 0 Å². The molecule has 2 aliphatic rings. The molecule has 24 nitrogen and oxygen atoms in total. The molecule has 0 aliphatic carbocycles. The average molecular weight is 903 g/mol. The Kier molecular flexibility index (Phi) is 22.7. The number of aliphatic hydroxyl groups is 1. The maximum atomic E-state index is 12.6. The van der Waals surface area contributed by atoms with Gasteiger partial charge in [0.25, 0.3) is 0 Å². The van der Waals surface area contributed by atoms with Gasteiger partial charge in [-0.3, -0.25) is 28.0 Å². The molecule has 26 heteroatoms. The smallest absolute Gasteiger partial charge is 0.386 e. The van der Waals surface area contributed by atoms with Crippen LogP contribution in [0.5, 0.6) is 0 Å². The lowest BCUT2D eigenvalue weighted by Gasteiger charge is -2.21. The van der Waals surface area contributed by atoms with Gasteiger partial charge in [0.1, 0.15) is 24.1 Å². The van der Waals surface area contributed by atoms with E-state index in [9.17, 15) is 43.2 Å². The number of aromatic nitrogens is 2. The number of hydrogen-bond donors (Lipinski definition) is 9. The van der Waals surface area contributed by atoms with Crippen molar-refractivity contribution in [2.75, 3.05) is 78.3 Å². The van der Waals surface area contributed by atoms with Crippen LogP contribution in [0, 0.1) is 5.92 Å². The predicted molar refractivity (Wildman–Crippen MR) is 209 cm³/mol. The molecule has 1 aromatic heterocycles. The number of phosphoric acid groups is 2. The van der Waals surface area contributed by atoms with Gasteiger partial charge in [-0.05, 0) is 31.6 Å². The zero-order valence-corrected chi connectivity index (χ0v) is 35.4. The molecule has 60 heavy (non-hydrogen) atoms. The molecule has 10 N–H and O–H groups in total. The Morgan fingerprint density at radius 2 is 1.50 bits per heavy atom. The summed E-state index contributed by atoms with van der Waals surface area (Å²) >= 11 is 0. The molecular formula is C34H60N6O18P2. The van der Waals surface area contributed by atoms with E-state index in [1.807, 2.05) is 0 Å². The van der Waals surface area contributed by atoms with E-state index < -0.39 is 52.5 Å². The van der Waals surface area contributed by atoms with Gasteiger partial charge >= 0.3 is 21.3 Å². The van der Waals surface area contributed by atoms with Gasteiger partial charge in [-0.25, -0.2) is 13.9 Å². The fourth-order valence-electron chi connectivity index (χ4n) is 6.34. The SMILES string of the molecule is C[C@@H]1CC(=O)N[C@@H]1CCCCCC(=O)NCCOCCOCCOCCOCCC(=O)NCCCc1cn([C@@H]2O[C@H](COP(=O)(O)O)C(OP(=O)(O)O)[C@@H]2O)c(=O)nc1N. The Balaban J connectivity index is 1.16. The Hall–Kier alpha value is -2.93. The normalized spacial score (nSPS) is 21.9. The number of amides is 3. The van der Waals surface area contributed by atoms with Gasteiger partial charge in [0, 0.05) is 50.2 Å². The number of nitrogens with zero attached hydrogens (tertiary/aromatic N) is 2.